The van der Waals surface area contributed by atoms with E-state index in [1.54, 1.807) is 13.3 Å². The summed E-state index contributed by atoms with van der Waals surface area (Å²) in [5.74, 6) is 1.24. The Morgan fingerprint density at radius 3 is 3.11 bits per heavy atom. The standard InChI is InChI=1S/C13H22ClN3OS/c1-15-12(11-5-3-4-8-19-11)13-10(14)9-16-17(13)6-7-18-2/h9,11-12,15H,3-8H2,1-2H3. The van der Waals surface area contributed by atoms with Crippen molar-refractivity contribution < 1.29 is 4.74 Å². The van der Waals surface area contributed by atoms with Gasteiger partial charge in [-0.05, 0) is 25.6 Å². The molecule has 1 aliphatic rings. The highest BCUT2D eigenvalue weighted by Gasteiger charge is 2.29. The van der Waals surface area contributed by atoms with Crippen LogP contribution in [0.1, 0.15) is 31.0 Å². The Morgan fingerprint density at radius 1 is 1.63 bits per heavy atom. The predicted octanol–water partition coefficient (Wildman–Crippen LogP) is 2.73. The molecule has 19 heavy (non-hydrogen) atoms. The van der Waals surface area contributed by atoms with E-state index in [0.29, 0.717) is 11.9 Å². The summed E-state index contributed by atoms with van der Waals surface area (Å²) in [5, 5.41) is 9.13. The highest BCUT2D eigenvalue weighted by atomic mass is 35.5. The van der Waals surface area contributed by atoms with E-state index in [-0.39, 0.29) is 6.04 Å². The zero-order chi connectivity index (χ0) is 13.7. The van der Waals surface area contributed by atoms with Gasteiger partial charge in [-0.25, -0.2) is 0 Å². The molecule has 1 aliphatic heterocycles. The van der Waals surface area contributed by atoms with Crippen molar-refractivity contribution in [2.24, 2.45) is 0 Å². The van der Waals surface area contributed by atoms with Crippen LogP contribution < -0.4 is 5.32 Å². The minimum atomic E-state index is 0.261. The van der Waals surface area contributed by atoms with Crippen molar-refractivity contribution in [3.8, 4) is 0 Å². The van der Waals surface area contributed by atoms with Gasteiger partial charge in [-0.15, -0.1) is 0 Å². The molecule has 0 aromatic carbocycles. The highest BCUT2D eigenvalue weighted by Crippen LogP contribution is 2.36. The fourth-order valence-electron chi connectivity index (χ4n) is 2.56. The first-order valence-electron chi connectivity index (χ1n) is 6.77. The van der Waals surface area contributed by atoms with Gasteiger partial charge in [0.2, 0.25) is 0 Å². The smallest absolute Gasteiger partial charge is 0.0834 e. The summed E-state index contributed by atoms with van der Waals surface area (Å²) >= 11 is 8.39. The average Bonchev–Trinajstić information content (AvgIpc) is 2.80. The van der Waals surface area contributed by atoms with Crippen molar-refractivity contribution >= 4 is 23.4 Å². The van der Waals surface area contributed by atoms with Gasteiger partial charge in [0.1, 0.15) is 0 Å². The number of ether oxygens (including phenoxy) is 1. The first-order chi connectivity index (χ1) is 9.27. The molecule has 0 saturated carbocycles. The van der Waals surface area contributed by atoms with E-state index in [2.05, 4.69) is 10.4 Å². The summed E-state index contributed by atoms with van der Waals surface area (Å²) in [6.07, 6.45) is 5.61. The number of hydrogen-bond acceptors (Lipinski definition) is 4. The number of nitrogens with zero attached hydrogens (tertiary/aromatic N) is 2. The van der Waals surface area contributed by atoms with Gasteiger partial charge in [0.25, 0.3) is 0 Å². The number of aromatic nitrogens is 2. The largest absolute Gasteiger partial charge is 0.383 e. The van der Waals surface area contributed by atoms with Gasteiger partial charge in [0.15, 0.2) is 0 Å². The monoisotopic (exact) mass is 303 g/mol. The quantitative estimate of drug-likeness (QED) is 0.877. The number of nitrogens with one attached hydrogen (secondary N) is 1. The van der Waals surface area contributed by atoms with E-state index in [9.17, 15) is 0 Å². The Kier molecular flexibility index (Phi) is 6.01. The first-order valence-corrected chi connectivity index (χ1v) is 8.19. The molecule has 1 fully saturated rings. The lowest BCUT2D eigenvalue weighted by Gasteiger charge is -2.30. The number of thioether (sulfide) groups is 1. The van der Waals surface area contributed by atoms with Gasteiger partial charge < -0.3 is 10.1 Å². The van der Waals surface area contributed by atoms with E-state index in [4.69, 9.17) is 16.3 Å². The number of methoxy groups -OCH3 is 1. The summed E-state index contributed by atoms with van der Waals surface area (Å²) in [7, 11) is 3.71. The third kappa shape index (κ3) is 3.66. The Bertz CT molecular complexity index is 393. The van der Waals surface area contributed by atoms with Crippen molar-refractivity contribution in [1.29, 1.82) is 0 Å². The molecule has 0 bridgehead atoms. The molecule has 1 saturated heterocycles. The van der Waals surface area contributed by atoms with Crippen LogP contribution in [0.25, 0.3) is 0 Å². The summed E-state index contributed by atoms with van der Waals surface area (Å²) < 4.78 is 7.11. The summed E-state index contributed by atoms with van der Waals surface area (Å²) in [4.78, 5) is 0. The molecule has 0 spiro atoms. The fraction of sp³-hybridized carbons (Fsp3) is 0.769. The molecule has 6 heteroatoms. The van der Waals surface area contributed by atoms with Gasteiger partial charge >= 0.3 is 0 Å². The molecule has 0 radical (unpaired) electrons. The molecule has 0 aliphatic carbocycles. The number of rotatable bonds is 6. The summed E-state index contributed by atoms with van der Waals surface area (Å²) in [6.45, 7) is 1.40. The van der Waals surface area contributed by atoms with E-state index < -0.39 is 0 Å². The molecule has 0 amide bonds. The maximum atomic E-state index is 6.34. The lowest BCUT2D eigenvalue weighted by Crippen LogP contribution is -2.32. The summed E-state index contributed by atoms with van der Waals surface area (Å²) in [6, 6.07) is 0.261. The molecule has 1 aromatic heterocycles. The predicted molar refractivity (Wildman–Crippen MR) is 81.0 cm³/mol. The lowest BCUT2D eigenvalue weighted by molar-refractivity contribution is 0.181. The van der Waals surface area contributed by atoms with Gasteiger partial charge in [0, 0.05) is 12.4 Å². The Hall–Kier alpha value is -0.230. The molecule has 1 aromatic rings. The maximum absolute atomic E-state index is 6.34. The van der Waals surface area contributed by atoms with E-state index in [0.717, 1.165) is 17.3 Å². The first kappa shape index (κ1) is 15.2. The highest BCUT2D eigenvalue weighted by molar-refractivity contribution is 8.00. The second-order valence-corrected chi connectivity index (χ2v) is 6.52. The van der Waals surface area contributed by atoms with E-state index >= 15 is 0 Å². The third-order valence-corrected chi connectivity index (χ3v) is 5.28. The van der Waals surface area contributed by atoms with Crippen molar-refractivity contribution in [2.45, 2.75) is 37.1 Å². The maximum Gasteiger partial charge on any atom is 0.0834 e. The van der Waals surface area contributed by atoms with Crippen molar-refractivity contribution in [3.05, 3.63) is 16.9 Å². The molecule has 2 unspecified atom stereocenters. The van der Waals surface area contributed by atoms with Crippen molar-refractivity contribution in [3.63, 3.8) is 0 Å². The normalized spacial score (nSPS) is 21.5. The van der Waals surface area contributed by atoms with Crippen LogP contribution in [0.15, 0.2) is 6.20 Å². The molecule has 2 heterocycles. The second kappa shape index (κ2) is 7.53. The van der Waals surface area contributed by atoms with E-state index in [1.165, 1.54) is 25.0 Å². The van der Waals surface area contributed by atoms with Crippen LogP contribution in [-0.4, -0.2) is 41.5 Å². The Morgan fingerprint density at radius 2 is 2.47 bits per heavy atom. The van der Waals surface area contributed by atoms with E-state index in [1.807, 2.05) is 23.5 Å². The van der Waals surface area contributed by atoms with Crippen LogP contribution in [0.5, 0.6) is 0 Å². The number of hydrogen-bond donors (Lipinski definition) is 1. The van der Waals surface area contributed by atoms with Gasteiger partial charge in [0.05, 0.1) is 36.1 Å². The van der Waals surface area contributed by atoms with Gasteiger partial charge in [-0.3, -0.25) is 4.68 Å². The van der Waals surface area contributed by atoms with Crippen LogP contribution in [-0.2, 0) is 11.3 Å². The molecule has 108 valence electrons. The minimum Gasteiger partial charge on any atom is -0.383 e. The fourth-order valence-corrected chi connectivity index (χ4v) is 4.29. The molecular weight excluding hydrogens is 282 g/mol. The second-order valence-electron chi connectivity index (χ2n) is 4.77. The molecule has 4 nitrogen and oxygen atoms in total. The van der Waals surface area contributed by atoms with Gasteiger partial charge in [-0.2, -0.15) is 16.9 Å². The lowest BCUT2D eigenvalue weighted by atomic mass is 10.0. The van der Waals surface area contributed by atoms with Crippen LogP contribution in [0.3, 0.4) is 0 Å². The zero-order valence-corrected chi connectivity index (χ0v) is 13.1. The average molecular weight is 304 g/mol. The minimum absolute atomic E-state index is 0.261. The zero-order valence-electron chi connectivity index (χ0n) is 11.6. The van der Waals surface area contributed by atoms with Crippen LogP contribution in [0.2, 0.25) is 5.02 Å². The third-order valence-electron chi connectivity index (χ3n) is 3.53. The molecule has 2 atom stereocenters. The van der Waals surface area contributed by atoms with Crippen LogP contribution >= 0.6 is 23.4 Å². The van der Waals surface area contributed by atoms with Crippen molar-refractivity contribution in [1.82, 2.24) is 15.1 Å². The molecular formula is C13H22ClN3OS. The Labute approximate surface area is 124 Å². The molecule has 2 rings (SSSR count). The summed E-state index contributed by atoms with van der Waals surface area (Å²) in [5.41, 5.74) is 1.10. The Balaban J connectivity index is 2.18. The number of halogens is 1. The SMILES string of the molecule is CNC(c1c(Cl)cnn1CCOC)C1CCCCS1. The topological polar surface area (TPSA) is 39.1 Å². The van der Waals surface area contributed by atoms with Crippen LogP contribution in [0.4, 0.5) is 0 Å². The molecule has 1 N–H and O–H groups in total. The van der Waals surface area contributed by atoms with Gasteiger partial charge in [-0.1, -0.05) is 18.0 Å². The van der Waals surface area contributed by atoms with Crippen molar-refractivity contribution in [2.75, 3.05) is 26.5 Å². The van der Waals surface area contributed by atoms with Crippen LogP contribution in [0, 0.1) is 0 Å².